The van der Waals surface area contributed by atoms with E-state index < -0.39 is 17.7 Å². The number of rotatable bonds is 1. The molecule has 0 aliphatic carbocycles. The van der Waals surface area contributed by atoms with Crippen LogP contribution in [-0.4, -0.2) is 9.97 Å². The Kier molecular flexibility index (Phi) is 3.26. The van der Waals surface area contributed by atoms with Gasteiger partial charge in [-0.3, -0.25) is 0 Å². The normalized spacial score (nSPS) is 11.7. The van der Waals surface area contributed by atoms with Crippen LogP contribution in [0.1, 0.15) is 17.0 Å². The Hall–Kier alpha value is -1.98. The third-order valence-electron chi connectivity index (χ3n) is 2.58. The lowest BCUT2D eigenvalue weighted by Crippen LogP contribution is -2.10. The average molecular weight is 270 g/mol. The van der Waals surface area contributed by atoms with Crippen molar-refractivity contribution in [2.24, 2.45) is 0 Å². The summed E-state index contributed by atoms with van der Waals surface area (Å²) in [7, 11) is 0. The van der Waals surface area contributed by atoms with E-state index in [0.717, 1.165) is 6.07 Å². The van der Waals surface area contributed by atoms with E-state index in [0.29, 0.717) is 5.56 Å². The molecule has 0 saturated carbocycles. The Balaban J connectivity index is 2.63. The summed E-state index contributed by atoms with van der Waals surface area (Å²) in [6.07, 6.45) is -4.58. The van der Waals surface area contributed by atoms with Gasteiger partial charge in [0.2, 0.25) is 0 Å². The maximum Gasteiger partial charge on any atom is 0.433 e. The summed E-state index contributed by atoms with van der Waals surface area (Å²) in [5, 5.41) is 0. The van der Waals surface area contributed by atoms with Crippen molar-refractivity contribution in [3.05, 3.63) is 47.0 Å². The summed E-state index contributed by atoms with van der Waals surface area (Å²) in [6, 6.07) is 5.26. The molecule has 0 spiro atoms. The summed E-state index contributed by atoms with van der Waals surface area (Å²) in [4.78, 5) is 7.27. The molecule has 6 heteroatoms. The largest absolute Gasteiger partial charge is 0.433 e. The number of aromatic nitrogens is 2. The molecular formula is C13H10F4N2. The van der Waals surface area contributed by atoms with Crippen LogP contribution in [0, 0.1) is 19.7 Å². The predicted octanol–water partition coefficient (Wildman–Crippen LogP) is 3.92. The first kappa shape index (κ1) is 13.5. The van der Waals surface area contributed by atoms with Gasteiger partial charge in [-0.05, 0) is 31.5 Å². The molecule has 0 bridgehead atoms. The highest BCUT2D eigenvalue weighted by Gasteiger charge is 2.33. The van der Waals surface area contributed by atoms with E-state index in [4.69, 9.17) is 0 Å². The van der Waals surface area contributed by atoms with Gasteiger partial charge in [0.1, 0.15) is 11.5 Å². The van der Waals surface area contributed by atoms with E-state index >= 15 is 0 Å². The zero-order valence-electron chi connectivity index (χ0n) is 10.2. The first-order valence-corrected chi connectivity index (χ1v) is 5.47. The van der Waals surface area contributed by atoms with Crippen LogP contribution in [0.15, 0.2) is 24.3 Å². The van der Waals surface area contributed by atoms with Crippen molar-refractivity contribution in [2.45, 2.75) is 20.0 Å². The van der Waals surface area contributed by atoms with Gasteiger partial charge in [0.25, 0.3) is 0 Å². The van der Waals surface area contributed by atoms with Crippen LogP contribution in [0.4, 0.5) is 17.6 Å². The van der Waals surface area contributed by atoms with Crippen LogP contribution >= 0.6 is 0 Å². The van der Waals surface area contributed by atoms with Crippen molar-refractivity contribution in [1.29, 1.82) is 0 Å². The van der Waals surface area contributed by atoms with Crippen LogP contribution in [0.3, 0.4) is 0 Å². The van der Waals surface area contributed by atoms with Crippen molar-refractivity contribution in [3.8, 4) is 11.4 Å². The van der Waals surface area contributed by atoms with Gasteiger partial charge >= 0.3 is 6.18 Å². The van der Waals surface area contributed by atoms with E-state index in [1.165, 1.54) is 26.0 Å². The van der Waals surface area contributed by atoms with Gasteiger partial charge < -0.3 is 0 Å². The predicted molar refractivity (Wildman–Crippen MR) is 61.9 cm³/mol. The number of hydrogen-bond donors (Lipinski definition) is 0. The maximum absolute atomic E-state index is 13.9. The lowest BCUT2D eigenvalue weighted by Gasteiger charge is -2.10. The first-order chi connectivity index (χ1) is 8.79. The molecule has 0 aliphatic heterocycles. The third kappa shape index (κ3) is 2.72. The van der Waals surface area contributed by atoms with Gasteiger partial charge in [0.05, 0.1) is 5.56 Å². The fourth-order valence-corrected chi connectivity index (χ4v) is 1.65. The van der Waals surface area contributed by atoms with Crippen LogP contribution in [0.5, 0.6) is 0 Å². The molecule has 1 heterocycles. The molecule has 0 atom stereocenters. The summed E-state index contributed by atoms with van der Waals surface area (Å²) in [5.74, 6) is -0.866. The molecular weight excluding hydrogens is 260 g/mol. The fraction of sp³-hybridized carbons (Fsp3) is 0.231. The molecule has 19 heavy (non-hydrogen) atoms. The summed E-state index contributed by atoms with van der Waals surface area (Å²) < 4.78 is 51.9. The van der Waals surface area contributed by atoms with E-state index in [-0.39, 0.29) is 17.1 Å². The van der Waals surface area contributed by atoms with E-state index in [1.807, 2.05) is 0 Å². The lowest BCUT2D eigenvalue weighted by molar-refractivity contribution is -0.141. The van der Waals surface area contributed by atoms with Crippen LogP contribution in [-0.2, 0) is 6.18 Å². The number of hydrogen-bond acceptors (Lipinski definition) is 2. The van der Waals surface area contributed by atoms with Crippen molar-refractivity contribution in [3.63, 3.8) is 0 Å². The average Bonchev–Trinajstić information content (AvgIpc) is 2.31. The van der Waals surface area contributed by atoms with Gasteiger partial charge in [-0.25, -0.2) is 14.4 Å². The van der Waals surface area contributed by atoms with Crippen molar-refractivity contribution >= 4 is 0 Å². The molecule has 0 N–H and O–H groups in total. The molecule has 0 fully saturated rings. The van der Waals surface area contributed by atoms with Gasteiger partial charge in [-0.2, -0.15) is 13.2 Å². The first-order valence-electron chi connectivity index (χ1n) is 5.47. The van der Waals surface area contributed by atoms with E-state index in [1.54, 1.807) is 6.07 Å². The third-order valence-corrected chi connectivity index (χ3v) is 2.58. The number of aryl methyl sites for hydroxylation is 2. The molecule has 0 aliphatic rings. The van der Waals surface area contributed by atoms with E-state index in [9.17, 15) is 17.6 Å². The SMILES string of the molecule is Cc1cc(C(F)(F)F)nc(-c2cccc(C)c2F)n1. The molecule has 0 radical (unpaired) electrons. The highest BCUT2D eigenvalue weighted by molar-refractivity contribution is 5.57. The molecule has 1 aromatic carbocycles. The Morgan fingerprint density at radius 3 is 2.37 bits per heavy atom. The number of halogens is 4. The minimum atomic E-state index is -4.58. The Labute approximate surface area is 107 Å². The fourth-order valence-electron chi connectivity index (χ4n) is 1.65. The molecule has 0 saturated heterocycles. The molecule has 2 rings (SSSR count). The van der Waals surface area contributed by atoms with Crippen LogP contribution in [0.25, 0.3) is 11.4 Å². The van der Waals surface area contributed by atoms with Gasteiger partial charge in [0.15, 0.2) is 5.82 Å². The van der Waals surface area contributed by atoms with Crippen molar-refractivity contribution < 1.29 is 17.6 Å². The summed E-state index contributed by atoms with van der Waals surface area (Å²) >= 11 is 0. The Morgan fingerprint density at radius 1 is 1.05 bits per heavy atom. The van der Waals surface area contributed by atoms with E-state index in [2.05, 4.69) is 9.97 Å². The van der Waals surface area contributed by atoms with Gasteiger partial charge in [0, 0.05) is 5.69 Å². The molecule has 0 unspecified atom stereocenters. The molecule has 1 aromatic heterocycles. The van der Waals surface area contributed by atoms with Gasteiger partial charge in [-0.1, -0.05) is 12.1 Å². The second-order valence-corrected chi connectivity index (χ2v) is 4.15. The highest BCUT2D eigenvalue weighted by atomic mass is 19.4. The summed E-state index contributed by atoms with van der Waals surface area (Å²) in [5.41, 5.74) is -0.639. The lowest BCUT2D eigenvalue weighted by atomic mass is 10.1. The van der Waals surface area contributed by atoms with Crippen LogP contribution in [0.2, 0.25) is 0 Å². The van der Waals surface area contributed by atoms with Gasteiger partial charge in [-0.15, -0.1) is 0 Å². The molecule has 2 nitrogen and oxygen atoms in total. The number of alkyl halides is 3. The number of nitrogens with zero attached hydrogens (tertiary/aromatic N) is 2. The molecule has 100 valence electrons. The minimum absolute atomic E-state index is 0.0331. The number of benzene rings is 1. The Morgan fingerprint density at radius 2 is 1.74 bits per heavy atom. The highest BCUT2D eigenvalue weighted by Crippen LogP contribution is 2.30. The topological polar surface area (TPSA) is 25.8 Å². The zero-order chi connectivity index (χ0) is 14.2. The van der Waals surface area contributed by atoms with Crippen molar-refractivity contribution in [2.75, 3.05) is 0 Å². The summed E-state index contributed by atoms with van der Waals surface area (Å²) in [6.45, 7) is 2.94. The minimum Gasteiger partial charge on any atom is -0.233 e. The maximum atomic E-state index is 13.9. The quantitative estimate of drug-likeness (QED) is 0.734. The molecule has 0 amide bonds. The Bertz CT molecular complexity index is 621. The van der Waals surface area contributed by atoms with Crippen LogP contribution < -0.4 is 0 Å². The monoisotopic (exact) mass is 270 g/mol. The van der Waals surface area contributed by atoms with Crippen molar-refractivity contribution in [1.82, 2.24) is 9.97 Å². The smallest absolute Gasteiger partial charge is 0.233 e. The standard InChI is InChI=1S/C13H10F4N2/c1-7-4-3-5-9(11(7)14)12-18-8(2)6-10(19-12)13(15,16)17/h3-6H,1-2H3. The second kappa shape index (κ2) is 4.60. The zero-order valence-corrected chi connectivity index (χ0v) is 10.2. The molecule has 2 aromatic rings. The second-order valence-electron chi connectivity index (χ2n) is 4.15.